The molecule has 1 saturated heterocycles. The zero-order chi connectivity index (χ0) is 31.6. The lowest BCUT2D eigenvalue weighted by Gasteiger charge is -2.30. The lowest BCUT2D eigenvalue weighted by atomic mass is 10.0. The van der Waals surface area contributed by atoms with E-state index >= 15 is 0 Å². The first-order chi connectivity index (χ1) is 20.9. The lowest BCUT2D eigenvalue weighted by Crippen LogP contribution is -2.56. The number of alkyl carbamates (subject to hydrolysis) is 1. The molecule has 3 heterocycles. The second-order valence-electron chi connectivity index (χ2n) is 13.0. The molecule has 5 atom stereocenters. The summed E-state index contributed by atoms with van der Waals surface area (Å²) in [7, 11) is 0. The number of H-pyrrole nitrogens is 1. The van der Waals surface area contributed by atoms with Crippen LogP contribution in [-0.2, 0) is 19.1 Å². The van der Waals surface area contributed by atoms with Gasteiger partial charge in [-0.15, -0.1) is 0 Å². The molecular formula is C32H41N5O7. The Bertz CT molecular complexity index is 1440. The van der Waals surface area contributed by atoms with Crippen LogP contribution in [0.3, 0.4) is 0 Å². The maximum atomic E-state index is 14.1. The number of allylic oxidation sites excluding steroid dienone is 1. The van der Waals surface area contributed by atoms with Gasteiger partial charge in [0.25, 0.3) is 5.91 Å². The predicted molar refractivity (Wildman–Crippen MR) is 162 cm³/mol. The van der Waals surface area contributed by atoms with E-state index in [0.29, 0.717) is 18.5 Å². The minimum atomic E-state index is -1.44. The number of nitrogens with zero attached hydrogens (tertiary/aromatic N) is 1. The van der Waals surface area contributed by atoms with Crippen molar-refractivity contribution in [2.75, 3.05) is 6.54 Å². The Labute approximate surface area is 255 Å². The molecule has 0 unspecified atom stereocenters. The fourth-order valence-corrected chi connectivity index (χ4v) is 6.11. The van der Waals surface area contributed by atoms with E-state index in [9.17, 15) is 29.1 Å². The molecule has 1 saturated carbocycles. The molecule has 2 aromatic rings. The quantitative estimate of drug-likeness (QED) is 0.332. The Morgan fingerprint density at radius 1 is 1.09 bits per heavy atom. The van der Waals surface area contributed by atoms with E-state index in [1.54, 1.807) is 26.8 Å². The van der Waals surface area contributed by atoms with Crippen LogP contribution in [0.5, 0.6) is 0 Å². The van der Waals surface area contributed by atoms with Crippen molar-refractivity contribution in [3.05, 3.63) is 48.2 Å². The molecule has 44 heavy (non-hydrogen) atoms. The van der Waals surface area contributed by atoms with Crippen molar-refractivity contribution in [3.63, 3.8) is 0 Å². The van der Waals surface area contributed by atoms with E-state index in [1.807, 2.05) is 36.4 Å². The van der Waals surface area contributed by atoms with Crippen molar-refractivity contribution >= 4 is 40.7 Å². The fourth-order valence-electron chi connectivity index (χ4n) is 6.11. The fraction of sp³-hybridized carbons (Fsp3) is 0.531. The van der Waals surface area contributed by atoms with Crippen molar-refractivity contribution < 1.29 is 33.8 Å². The molecule has 2 fully saturated rings. The summed E-state index contributed by atoms with van der Waals surface area (Å²) in [5.41, 5.74) is -1.08. The van der Waals surface area contributed by atoms with E-state index in [-0.39, 0.29) is 31.2 Å². The summed E-state index contributed by atoms with van der Waals surface area (Å²) in [6, 6.07) is 6.59. The molecule has 12 heteroatoms. The summed E-state index contributed by atoms with van der Waals surface area (Å²) in [6.07, 6.45) is 6.74. The minimum Gasteiger partial charge on any atom is -0.479 e. The molecular weight excluding hydrogens is 566 g/mol. The van der Waals surface area contributed by atoms with Crippen LogP contribution in [0.1, 0.15) is 76.2 Å². The van der Waals surface area contributed by atoms with Crippen molar-refractivity contribution in [3.8, 4) is 0 Å². The second kappa shape index (κ2) is 12.3. The SMILES string of the molecule is CC(C)(C)OC(=O)N[C@H]1CCCCC/C=C\[C@H]2C[C@@]2(C(=O)O)NC(=O)[C@@H]2C[C@@H](NC(=O)c3cc4ccccc4[nH]3)CN2C1=O. The van der Waals surface area contributed by atoms with Crippen LogP contribution in [0.15, 0.2) is 42.5 Å². The number of aromatic amines is 1. The molecule has 1 aliphatic carbocycles. The smallest absolute Gasteiger partial charge is 0.408 e. The Morgan fingerprint density at radius 2 is 1.86 bits per heavy atom. The van der Waals surface area contributed by atoms with E-state index in [4.69, 9.17) is 4.74 Å². The third-order valence-electron chi connectivity index (χ3n) is 8.46. The topological polar surface area (TPSA) is 170 Å². The number of para-hydroxylation sites is 1. The summed E-state index contributed by atoms with van der Waals surface area (Å²) < 4.78 is 5.42. The van der Waals surface area contributed by atoms with Gasteiger partial charge in [-0.2, -0.15) is 0 Å². The van der Waals surface area contributed by atoms with E-state index in [1.165, 1.54) is 4.90 Å². The predicted octanol–water partition coefficient (Wildman–Crippen LogP) is 3.24. The van der Waals surface area contributed by atoms with Gasteiger partial charge in [-0.05, 0) is 65.0 Å². The van der Waals surface area contributed by atoms with Crippen molar-refractivity contribution in [1.82, 2.24) is 25.8 Å². The third-order valence-corrected chi connectivity index (χ3v) is 8.46. The zero-order valence-corrected chi connectivity index (χ0v) is 25.4. The van der Waals surface area contributed by atoms with Crippen molar-refractivity contribution in [2.45, 2.75) is 95.0 Å². The van der Waals surface area contributed by atoms with Gasteiger partial charge in [-0.1, -0.05) is 43.2 Å². The molecule has 5 N–H and O–H groups in total. The summed E-state index contributed by atoms with van der Waals surface area (Å²) >= 11 is 0. The van der Waals surface area contributed by atoms with Gasteiger partial charge in [0.2, 0.25) is 11.8 Å². The van der Waals surface area contributed by atoms with Crippen LogP contribution in [-0.4, -0.2) is 80.6 Å². The average Bonchev–Trinajstić information content (AvgIpc) is 3.27. The summed E-state index contributed by atoms with van der Waals surface area (Å²) in [5, 5.41) is 19.3. The molecule has 12 nitrogen and oxygen atoms in total. The molecule has 0 spiro atoms. The summed E-state index contributed by atoms with van der Waals surface area (Å²) in [6.45, 7) is 5.19. The standard InChI is InChI=1S/C32H41N5O7/c1-31(2,3)44-30(43)35-23-14-8-6-4-5-7-12-20-17-32(20,29(41)42)36-27(39)25-16-21(18-37(25)28(23)40)33-26(38)24-15-19-11-9-10-13-22(19)34-24/h7,9-13,15,20-21,23,25,34H,4-6,8,14,16-18H2,1-3H3,(H,33,38)(H,35,43)(H,36,39)(H,41,42)/b12-7-/t20-,21+,23-,25-,32+/m0/s1. The first kappa shape index (κ1) is 31.1. The Kier molecular flexibility index (Phi) is 8.71. The highest BCUT2D eigenvalue weighted by Crippen LogP contribution is 2.45. The van der Waals surface area contributed by atoms with Crippen molar-refractivity contribution in [1.29, 1.82) is 0 Å². The van der Waals surface area contributed by atoms with Gasteiger partial charge < -0.3 is 35.7 Å². The number of carbonyl (C=O) groups excluding carboxylic acids is 4. The number of carboxylic acid groups (broad SMARTS) is 1. The monoisotopic (exact) mass is 607 g/mol. The number of rotatable bonds is 4. The first-order valence-electron chi connectivity index (χ1n) is 15.3. The lowest BCUT2D eigenvalue weighted by molar-refractivity contribution is -0.145. The number of aromatic nitrogens is 1. The first-order valence-corrected chi connectivity index (χ1v) is 15.3. The highest BCUT2D eigenvalue weighted by atomic mass is 16.6. The minimum absolute atomic E-state index is 0.0127. The normalized spacial score (nSPS) is 28.5. The molecule has 4 amide bonds. The van der Waals surface area contributed by atoms with Crippen molar-refractivity contribution in [2.24, 2.45) is 5.92 Å². The van der Waals surface area contributed by atoms with Crippen LogP contribution < -0.4 is 16.0 Å². The highest BCUT2D eigenvalue weighted by molar-refractivity contribution is 5.99. The maximum Gasteiger partial charge on any atom is 0.408 e. The molecule has 0 bridgehead atoms. The van der Waals surface area contributed by atoms with Gasteiger partial charge >= 0.3 is 12.1 Å². The second-order valence-corrected chi connectivity index (χ2v) is 13.0. The molecule has 2 aliphatic heterocycles. The Balaban J connectivity index is 1.40. The van der Waals surface area contributed by atoms with Gasteiger partial charge in [0.15, 0.2) is 0 Å². The zero-order valence-electron chi connectivity index (χ0n) is 25.4. The van der Waals surface area contributed by atoms with Gasteiger partial charge in [0, 0.05) is 29.4 Å². The number of hydrogen-bond acceptors (Lipinski definition) is 6. The number of fused-ring (bicyclic) bond motifs is 3. The summed E-state index contributed by atoms with van der Waals surface area (Å²) in [5.74, 6) is -2.96. The average molecular weight is 608 g/mol. The summed E-state index contributed by atoms with van der Waals surface area (Å²) in [4.78, 5) is 70.5. The van der Waals surface area contributed by atoms with E-state index in [0.717, 1.165) is 30.2 Å². The third kappa shape index (κ3) is 6.89. The largest absolute Gasteiger partial charge is 0.479 e. The molecule has 3 aliphatic rings. The molecule has 1 aromatic heterocycles. The molecule has 0 radical (unpaired) electrons. The number of carbonyl (C=O) groups is 5. The highest BCUT2D eigenvalue weighted by Gasteiger charge is 2.61. The van der Waals surface area contributed by atoms with Crippen LogP contribution in [0.25, 0.3) is 10.9 Å². The number of amides is 4. The van der Waals surface area contributed by atoms with Crippen LogP contribution in [0.2, 0.25) is 0 Å². The number of carboxylic acids is 1. The number of nitrogens with one attached hydrogen (secondary N) is 4. The van der Waals surface area contributed by atoms with Crippen LogP contribution >= 0.6 is 0 Å². The van der Waals surface area contributed by atoms with Gasteiger partial charge in [-0.3, -0.25) is 14.4 Å². The van der Waals surface area contributed by atoms with Crippen LogP contribution in [0.4, 0.5) is 4.79 Å². The van der Waals surface area contributed by atoms with Gasteiger partial charge in [0.1, 0.15) is 28.9 Å². The van der Waals surface area contributed by atoms with E-state index < -0.39 is 53.1 Å². The Morgan fingerprint density at radius 3 is 2.59 bits per heavy atom. The maximum absolute atomic E-state index is 14.1. The number of aliphatic carboxylic acids is 1. The van der Waals surface area contributed by atoms with Crippen LogP contribution in [0, 0.1) is 5.92 Å². The van der Waals surface area contributed by atoms with Gasteiger partial charge in [-0.25, -0.2) is 9.59 Å². The Hall–Kier alpha value is -4.35. The number of benzene rings is 1. The number of hydrogen-bond donors (Lipinski definition) is 5. The van der Waals surface area contributed by atoms with Gasteiger partial charge in [0.05, 0.1) is 0 Å². The molecule has 5 rings (SSSR count). The molecule has 236 valence electrons. The number of ether oxygens (including phenoxy) is 1. The molecule has 1 aromatic carbocycles. The van der Waals surface area contributed by atoms with E-state index in [2.05, 4.69) is 20.9 Å².